The van der Waals surface area contributed by atoms with Crippen molar-refractivity contribution in [3.05, 3.63) is 29.8 Å². The molecule has 1 saturated heterocycles. The highest BCUT2D eigenvalue weighted by Crippen LogP contribution is 2.17. The van der Waals surface area contributed by atoms with Crippen LogP contribution >= 0.6 is 0 Å². The van der Waals surface area contributed by atoms with E-state index in [1.807, 2.05) is 12.1 Å². The summed E-state index contributed by atoms with van der Waals surface area (Å²) >= 11 is 0. The predicted octanol–water partition coefficient (Wildman–Crippen LogP) is 2.85. The van der Waals surface area contributed by atoms with Crippen molar-refractivity contribution >= 4 is 23.4 Å². The zero-order valence-corrected chi connectivity index (χ0v) is 12.9. The summed E-state index contributed by atoms with van der Waals surface area (Å²) < 4.78 is 0. The van der Waals surface area contributed by atoms with Crippen molar-refractivity contribution in [2.45, 2.75) is 52.0 Å². The summed E-state index contributed by atoms with van der Waals surface area (Å²) in [7, 11) is 0. The van der Waals surface area contributed by atoms with Crippen molar-refractivity contribution in [1.82, 2.24) is 4.90 Å². The Hall–Kier alpha value is -2.17. The van der Waals surface area contributed by atoms with Gasteiger partial charge in [0.2, 0.25) is 17.7 Å². The van der Waals surface area contributed by atoms with Gasteiger partial charge in [0.1, 0.15) is 0 Å². The van der Waals surface area contributed by atoms with E-state index in [1.165, 1.54) is 4.90 Å². The van der Waals surface area contributed by atoms with Crippen LogP contribution in [0.25, 0.3) is 0 Å². The minimum absolute atomic E-state index is 0.0195. The molecule has 0 spiro atoms. The number of benzene rings is 1. The van der Waals surface area contributed by atoms with Crippen LogP contribution in [0.4, 0.5) is 5.69 Å². The average molecular weight is 302 g/mol. The van der Waals surface area contributed by atoms with E-state index in [0.29, 0.717) is 25.8 Å². The third-order valence-electron chi connectivity index (χ3n) is 3.74. The minimum atomic E-state index is -0.113. The Balaban J connectivity index is 1.86. The molecule has 0 radical (unpaired) electrons. The molecule has 2 rings (SSSR count). The maximum atomic E-state index is 11.7. The first-order chi connectivity index (χ1) is 10.6. The second-order valence-electron chi connectivity index (χ2n) is 5.58. The quantitative estimate of drug-likeness (QED) is 0.622. The molecule has 1 aliphatic rings. The van der Waals surface area contributed by atoms with Gasteiger partial charge in [0.25, 0.3) is 0 Å². The molecule has 1 N–H and O–H groups in total. The fraction of sp³-hybridized carbons (Fsp3) is 0.471. The number of rotatable bonds is 7. The van der Waals surface area contributed by atoms with Crippen LogP contribution in [0.1, 0.15) is 51.0 Å². The number of nitrogens with zero attached hydrogens (tertiary/aromatic N) is 1. The molecular formula is C17H22N2O3. The normalized spacial score (nSPS) is 14.5. The second kappa shape index (κ2) is 7.73. The largest absolute Gasteiger partial charge is 0.326 e. The summed E-state index contributed by atoms with van der Waals surface area (Å²) in [6, 6.07) is 7.28. The summed E-state index contributed by atoms with van der Waals surface area (Å²) in [4.78, 5) is 36.2. The minimum Gasteiger partial charge on any atom is -0.326 e. The van der Waals surface area contributed by atoms with E-state index in [1.54, 1.807) is 12.1 Å². The number of likely N-dealkylation sites (tertiary alicyclic amines) is 1. The molecule has 5 heteroatoms. The van der Waals surface area contributed by atoms with Crippen LogP contribution in [0.5, 0.6) is 0 Å². The Labute approximate surface area is 130 Å². The zero-order chi connectivity index (χ0) is 15.9. The van der Waals surface area contributed by atoms with Crippen LogP contribution in [0, 0.1) is 0 Å². The van der Waals surface area contributed by atoms with Gasteiger partial charge in [-0.3, -0.25) is 19.3 Å². The highest BCUT2D eigenvalue weighted by atomic mass is 16.2. The molecule has 1 aliphatic heterocycles. The van der Waals surface area contributed by atoms with Crippen LogP contribution in [0.2, 0.25) is 0 Å². The number of anilines is 1. The molecule has 0 bridgehead atoms. The van der Waals surface area contributed by atoms with E-state index >= 15 is 0 Å². The molecule has 1 aromatic rings. The molecule has 5 nitrogen and oxygen atoms in total. The fourth-order valence-corrected chi connectivity index (χ4v) is 2.43. The molecule has 0 aliphatic carbocycles. The molecule has 1 fully saturated rings. The number of unbranched alkanes of at least 4 members (excludes halogenated alkanes) is 2. The fourth-order valence-electron chi connectivity index (χ4n) is 2.43. The zero-order valence-electron chi connectivity index (χ0n) is 12.9. The molecule has 1 heterocycles. The molecule has 0 atom stereocenters. The van der Waals surface area contributed by atoms with E-state index in [4.69, 9.17) is 0 Å². The van der Waals surface area contributed by atoms with E-state index in [2.05, 4.69) is 12.2 Å². The summed E-state index contributed by atoms with van der Waals surface area (Å²) in [6.45, 7) is 2.41. The van der Waals surface area contributed by atoms with Crippen LogP contribution in [0.15, 0.2) is 24.3 Å². The van der Waals surface area contributed by atoms with E-state index in [0.717, 1.165) is 30.5 Å². The Morgan fingerprint density at radius 3 is 2.32 bits per heavy atom. The number of imide groups is 1. The lowest BCUT2D eigenvalue weighted by Crippen LogP contribution is -2.28. The highest BCUT2D eigenvalue weighted by molar-refractivity contribution is 6.01. The van der Waals surface area contributed by atoms with E-state index < -0.39 is 0 Å². The number of carbonyl (C=O) groups excluding carboxylic acids is 3. The van der Waals surface area contributed by atoms with Crippen molar-refractivity contribution in [2.75, 3.05) is 5.32 Å². The monoisotopic (exact) mass is 302 g/mol. The van der Waals surface area contributed by atoms with Crippen LogP contribution in [-0.4, -0.2) is 22.6 Å². The Kier molecular flexibility index (Phi) is 5.69. The third kappa shape index (κ3) is 4.41. The van der Waals surface area contributed by atoms with Crippen molar-refractivity contribution in [3.63, 3.8) is 0 Å². The Morgan fingerprint density at radius 2 is 1.73 bits per heavy atom. The van der Waals surface area contributed by atoms with Gasteiger partial charge in [-0.25, -0.2) is 0 Å². The molecule has 0 unspecified atom stereocenters. The lowest BCUT2D eigenvalue weighted by atomic mass is 10.1. The number of amides is 3. The number of carbonyl (C=O) groups is 3. The first-order valence-corrected chi connectivity index (χ1v) is 7.82. The van der Waals surface area contributed by atoms with Gasteiger partial charge in [0.05, 0.1) is 6.54 Å². The average Bonchev–Trinajstić information content (AvgIpc) is 2.81. The lowest BCUT2D eigenvalue weighted by molar-refractivity contribution is -0.139. The van der Waals surface area contributed by atoms with Crippen molar-refractivity contribution in [1.29, 1.82) is 0 Å². The smallest absolute Gasteiger partial charge is 0.229 e. The van der Waals surface area contributed by atoms with Crippen LogP contribution in [0.3, 0.4) is 0 Å². The van der Waals surface area contributed by atoms with Gasteiger partial charge in [0, 0.05) is 24.9 Å². The topological polar surface area (TPSA) is 66.5 Å². The van der Waals surface area contributed by atoms with E-state index in [9.17, 15) is 14.4 Å². The van der Waals surface area contributed by atoms with Gasteiger partial charge in [-0.05, 0) is 24.1 Å². The second-order valence-corrected chi connectivity index (χ2v) is 5.58. The SMILES string of the molecule is CCCCCC(=O)Nc1ccc(CN2C(=O)CCC2=O)cc1. The molecule has 118 valence electrons. The third-order valence-corrected chi connectivity index (χ3v) is 3.74. The van der Waals surface area contributed by atoms with Crippen molar-refractivity contribution < 1.29 is 14.4 Å². The van der Waals surface area contributed by atoms with Gasteiger partial charge >= 0.3 is 0 Å². The maximum Gasteiger partial charge on any atom is 0.229 e. The first kappa shape index (κ1) is 16.2. The molecule has 1 aromatic carbocycles. The molecule has 3 amide bonds. The van der Waals surface area contributed by atoms with Crippen LogP contribution in [-0.2, 0) is 20.9 Å². The van der Waals surface area contributed by atoms with Crippen molar-refractivity contribution in [2.24, 2.45) is 0 Å². The van der Waals surface area contributed by atoms with Gasteiger partial charge in [-0.1, -0.05) is 31.9 Å². The lowest BCUT2D eigenvalue weighted by Gasteiger charge is -2.14. The highest BCUT2D eigenvalue weighted by Gasteiger charge is 2.28. The summed E-state index contributed by atoms with van der Waals surface area (Å²) in [6.07, 6.45) is 4.21. The summed E-state index contributed by atoms with van der Waals surface area (Å²) in [5, 5.41) is 2.85. The number of nitrogens with one attached hydrogen (secondary N) is 1. The standard InChI is InChI=1S/C17H22N2O3/c1-2-3-4-5-15(20)18-14-8-6-13(7-9-14)12-19-16(21)10-11-17(19)22/h6-9H,2-5,10-12H2,1H3,(H,18,20). The molecular weight excluding hydrogens is 280 g/mol. The van der Waals surface area contributed by atoms with Crippen LogP contribution < -0.4 is 5.32 Å². The Bertz CT molecular complexity index is 536. The number of hydrogen-bond acceptors (Lipinski definition) is 3. The molecule has 0 aromatic heterocycles. The summed E-state index contributed by atoms with van der Waals surface area (Å²) in [5.41, 5.74) is 1.62. The maximum absolute atomic E-state index is 11.7. The van der Waals surface area contributed by atoms with Gasteiger partial charge < -0.3 is 5.32 Å². The van der Waals surface area contributed by atoms with Gasteiger partial charge in [-0.2, -0.15) is 0 Å². The van der Waals surface area contributed by atoms with E-state index in [-0.39, 0.29) is 17.7 Å². The first-order valence-electron chi connectivity index (χ1n) is 7.82. The Morgan fingerprint density at radius 1 is 1.09 bits per heavy atom. The molecule has 0 saturated carbocycles. The predicted molar refractivity (Wildman–Crippen MR) is 84.0 cm³/mol. The van der Waals surface area contributed by atoms with Gasteiger partial charge in [0.15, 0.2) is 0 Å². The number of hydrogen-bond donors (Lipinski definition) is 1. The van der Waals surface area contributed by atoms with Crippen molar-refractivity contribution in [3.8, 4) is 0 Å². The summed E-state index contributed by atoms with van der Waals surface area (Å²) in [5.74, 6) is -0.206. The molecule has 22 heavy (non-hydrogen) atoms. The van der Waals surface area contributed by atoms with Gasteiger partial charge in [-0.15, -0.1) is 0 Å².